The molecule has 1 rings (SSSR count). The molecule has 0 radical (unpaired) electrons. The van der Waals surface area contributed by atoms with E-state index in [0.717, 1.165) is 6.54 Å². The average molecular weight is 220 g/mol. The first kappa shape index (κ1) is 13.2. The molecular formula is C14H24N2. The minimum absolute atomic E-state index is 0.469. The molecule has 2 nitrogen and oxygen atoms in total. The maximum atomic E-state index is 5.55. The van der Waals surface area contributed by atoms with E-state index in [1.807, 2.05) is 0 Å². The third-order valence-corrected chi connectivity index (χ3v) is 2.83. The van der Waals surface area contributed by atoms with Crippen LogP contribution in [0.4, 0.5) is 0 Å². The predicted molar refractivity (Wildman–Crippen MR) is 70.4 cm³/mol. The topological polar surface area (TPSA) is 38.0 Å². The van der Waals surface area contributed by atoms with Crippen LogP contribution in [0.2, 0.25) is 0 Å². The molecule has 0 aliphatic carbocycles. The van der Waals surface area contributed by atoms with E-state index < -0.39 is 0 Å². The molecule has 1 atom stereocenters. The van der Waals surface area contributed by atoms with Crippen LogP contribution >= 0.6 is 0 Å². The van der Waals surface area contributed by atoms with E-state index in [-0.39, 0.29) is 0 Å². The monoisotopic (exact) mass is 220 g/mol. The third-order valence-electron chi connectivity index (χ3n) is 2.83. The first-order chi connectivity index (χ1) is 7.88. The second kappa shape index (κ2) is 8.31. The van der Waals surface area contributed by atoms with E-state index in [2.05, 4.69) is 42.6 Å². The van der Waals surface area contributed by atoms with Crippen LogP contribution in [-0.2, 0) is 0 Å². The van der Waals surface area contributed by atoms with Crippen LogP contribution in [0.25, 0.3) is 0 Å². The summed E-state index contributed by atoms with van der Waals surface area (Å²) in [4.78, 5) is 0. The van der Waals surface area contributed by atoms with Crippen LogP contribution in [0.15, 0.2) is 30.3 Å². The summed E-state index contributed by atoms with van der Waals surface area (Å²) in [6.07, 6.45) is 5.08. The number of hydrogen-bond acceptors (Lipinski definition) is 2. The van der Waals surface area contributed by atoms with E-state index in [1.54, 1.807) is 0 Å². The molecule has 1 aromatic rings. The molecule has 16 heavy (non-hydrogen) atoms. The van der Waals surface area contributed by atoms with Gasteiger partial charge in [-0.25, -0.2) is 0 Å². The third kappa shape index (κ3) is 4.77. The van der Waals surface area contributed by atoms with Gasteiger partial charge in [-0.05, 0) is 12.0 Å². The quantitative estimate of drug-likeness (QED) is 0.661. The van der Waals surface area contributed by atoms with Gasteiger partial charge < -0.3 is 11.1 Å². The number of benzene rings is 1. The van der Waals surface area contributed by atoms with Gasteiger partial charge in [-0.1, -0.05) is 56.5 Å². The Hall–Kier alpha value is -0.860. The van der Waals surface area contributed by atoms with Crippen LogP contribution in [-0.4, -0.2) is 13.1 Å². The maximum Gasteiger partial charge on any atom is 0.0320 e. The van der Waals surface area contributed by atoms with Crippen LogP contribution in [0, 0.1) is 0 Å². The lowest BCUT2D eigenvalue weighted by atomic mass is 10.0. The number of rotatable bonds is 8. The largest absolute Gasteiger partial charge is 0.329 e. The molecule has 0 aromatic heterocycles. The smallest absolute Gasteiger partial charge is 0.0320 e. The molecule has 0 aliphatic heterocycles. The molecule has 0 amide bonds. The summed E-state index contributed by atoms with van der Waals surface area (Å²) in [5.41, 5.74) is 6.93. The fraction of sp³-hybridized carbons (Fsp3) is 0.571. The van der Waals surface area contributed by atoms with Gasteiger partial charge in [0.1, 0.15) is 0 Å². The van der Waals surface area contributed by atoms with Crippen molar-refractivity contribution in [3.05, 3.63) is 35.9 Å². The van der Waals surface area contributed by atoms with E-state index in [4.69, 9.17) is 5.73 Å². The van der Waals surface area contributed by atoms with Crippen molar-refractivity contribution < 1.29 is 0 Å². The average Bonchev–Trinajstić information content (AvgIpc) is 2.35. The van der Waals surface area contributed by atoms with Crippen molar-refractivity contribution in [1.82, 2.24) is 5.32 Å². The van der Waals surface area contributed by atoms with Gasteiger partial charge in [0.25, 0.3) is 0 Å². The molecular weight excluding hydrogens is 196 g/mol. The highest BCUT2D eigenvalue weighted by Crippen LogP contribution is 2.19. The van der Waals surface area contributed by atoms with Gasteiger partial charge in [0.15, 0.2) is 0 Å². The summed E-state index contributed by atoms with van der Waals surface area (Å²) in [5, 5.41) is 3.52. The lowest BCUT2D eigenvalue weighted by Gasteiger charge is -2.18. The summed E-state index contributed by atoms with van der Waals surface area (Å²) < 4.78 is 0. The maximum absolute atomic E-state index is 5.55. The van der Waals surface area contributed by atoms with E-state index in [1.165, 1.54) is 31.2 Å². The van der Waals surface area contributed by atoms with E-state index in [9.17, 15) is 0 Å². The van der Waals surface area contributed by atoms with Crippen LogP contribution in [0.1, 0.15) is 44.2 Å². The van der Waals surface area contributed by atoms with Crippen molar-refractivity contribution in [2.45, 2.75) is 38.6 Å². The van der Waals surface area contributed by atoms with Crippen molar-refractivity contribution >= 4 is 0 Å². The Morgan fingerprint density at radius 1 is 1.19 bits per heavy atom. The molecule has 0 saturated carbocycles. The van der Waals surface area contributed by atoms with Gasteiger partial charge in [-0.15, -0.1) is 0 Å². The van der Waals surface area contributed by atoms with Crippen molar-refractivity contribution in [1.29, 1.82) is 0 Å². The van der Waals surface area contributed by atoms with Gasteiger partial charge in [0.05, 0.1) is 0 Å². The standard InChI is InChI=1S/C14H24N2/c1-2-3-5-10-14(16-12-11-15)13-8-6-4-7-9-13/h4,6-9,14,16H,2-3,5,10-12,15H2,1H3. The number of nitrogens with one attached hydrogen (secondary N) is 1. The minimum Gasteiger partial charge on any atom is -0.329 e. The second-order valence-electron chi connectivity index (χ2n) is 4.20. The van der Waals surface area contributed by atoms with Gasteiger partial charge in [0.2, 0.25) is 0 Å². The molecule has 0 aliphatic rings. The molecule has 0 fully saturated rings. The first-order valence-electron chi connectivity index (χ1n) is 6.37. The molecule has 0 bridgehead atoms. The summed E-state index contributed by atoms with van der Waals surface area (Å²) in [6.45, 7) is 3.84. The normalized spacial score (nSPS) is 12.6. The summed E-state index contributed by atoms with van der Waals surface area (Å²) in [7, 11) is 0. The zero-order valence-corrected chi connectivity index (χ0v) is 10.3. The lowest BCUT2D eigenvalue weighted by molar-refractivity contribution is 0.480. The molecule has 0 spiro atoms. The van der Waals surface area contributed by atoms with Gasteiger partial charge in [-0.3, -0.25) is 0 Å². The summed E-state index contributed by atoms with van der Waals surface area (Å²) >= 11 is 0. The zero-order valence-electron chi connectivity index (χ0n) is 10.3. The van der Waals surface area contributed by atoms with Gasteiger partial charge >= 0.3 is 0 Å². The highest BCUT2D eigenvalue weighted by Gasteiger charge is 2.08. The van der Waals surface area contributed by atoms with E-state index in [0.29, 0.717) is 12.6 Å². The number of hydrogen-bond donors (Lipinski definition) is 2. The Kier molecular flexibility index (Phi) is 6.86. The fourth-order valence-electron chi connectivity index (χ4n) is 1.93. The van der Waals surface area contributed by atoms with Crippen LogP contribution in [0.5, 0.6) is 0 Å². The minimum atomic E-state index is 0.469. The summed E-state index contributed by atoms with van der Waals surface area (Å²) in [6, 6.07) is 11.1. The van der Waals surface area contributed by atoms with E-state index >= 15 is 0 Å². The molecule has 1 aromatic carbocycles. The molecule has 0 saturated heterocycles. The highest BCUT2D eigenvalue weighted by molar-refractivity contribution is 5.18. The molecule has 1 unspecified atom stereocenters. The number of nitrogens with two attached hydrogens (primary N) is 1. The molecule has 3 N–H and O–H groups in total. The SMILES string of the molecule is CCCCCC(NCCN)c1ccccc1. The van der Waals surface area contributed by atoms with Crippen LogP contribution < -0.4 is 11.1 Å². The van der Waals surface area contributed by atoms with Crippen molar-refractivity contribution in [2.24, 2.45) is 5.73 Å². The first-order valence-corrected chi connectivity index (χ1v) is 6.37. The fourth-order valence-corrected chi connectivity index (χ4v) is 1.93. The highest BCUT2D eigenvalue weighted by atomic mass is 14.9. The van der Waals surface area contributed by atoms with Crippen molar-refractivity contribution in [3.8, 4) is 0 Å². The Morgan fingerprint density at radius 3 is 2.56 bits per heavy atom. The van der Waals surface area contributed by atoms with Crippen molar-refractivity contribution in [2.75, 3.05) is 13.1 Å². The predicted octanol–water partition coefficient (Wildman–Crippen LogP) is 2.86. The molecule has 90 valence electrons. The zero-order chi connectivity index (χ0) is 11.6. The van der Waals surface area contributed by atoms with Gasteiger partial charge in [0, 0.05) is 19.1 Å². The van der Waals surface area contributed by atoms with Gasteiger partial charge in [-0.2, -0.15) is 0 Å². The van der Waals surface area contributed by atoms with Crippen molar-refractivity contribution in [3.63, 3.8) is 0 Å². The molecule has 2 heteroatoms. The summed E-state index contributed by atoms with van der Waals surface area (Å²) in [5.74, 6) is 0. The Balaban J connectivity index is 2.49. The Morgan fingerprint density at radius 2 is 1.94 bits per heavy atom. The Bertz CT molecular complexity index is 259. The Labute approximate surface area is 99.2 Å². The second-order valence-corrected chi connectivity index (χ2v) is 4.20. The number of unbranched alkanes of at least 4 members (excludes halogenated alkanes) is 2. The lowest BCUT2D eigenvalue weighted by Crippen LogP contribution is -2.27. The van der Waals surface area contributed by atoms with Crippen LogP contribution in [0.3, 0.4) is 0 Å². The molecule has 0 heterocycles.